The summed E-state index contributed by atoms with van der Waals surface area (Å²) in [5.74, 6) is 0.898. The normalized spacial score (nSPS) is 9.58. The van der Waals surface area contributed by atoms with Crippen LogP contribution in [0.5, 0.6) is 0 Å². The molecule has 0 aliphatic heterocycles. The molecule has 62 valence electrons. The first-order valence-corrected chi connectivity index (χ1v) is 3.38. The molecule has 1 aromatic heterocycles. The average molecular weight is 223 g/mol. The summed E-state index contributed by atoms with van der Waals surface area (Å²) >= 11 is 0. The maximum absolute atomic E-state index is 4.14. The summed E-state index contributed by atoms with van der Waals surface area (Å²) in [6.45, 7) is 6.30. The molecule has 0 atom stereocenters. The van der Waals surface area contributed by atoms with Crippen LogP contribution in [0.15, 0.2) is 18.5 Å². The first-order valence-electron chi connectivity index (χ1n) is 3.38. The minimum atomic E-state index is 0. The summed E-state index contributed by atoms with van der Waals surface area (Å²) in [5, 5.41) is 0. The van der Waals surface area contributed by atoms with Gasteiger partial charge in [0.1, 0.15) is 5.82 Å². The third-order valence-electron chi connectivity index (χ3n) is 1.24. The van der Waals surface area contributed by atoms with Crippen molar-refractivity contribution in [3.63, 3.8) is 0 Å². The molecule has 1 heterocycles. The van der Waals surface area contributed by atoms with Gasteiger partial charge in [0.2, 0.25) is 0 Å². The molecule has 0 aliphatic rings. The zero-order valence-corrected chi connectivity index (χ0v) is 9.59. The molecule has 1 aromatic rings. The third kappa shape index (κ3) is 4.25. The monoisotopic (exact) mass is 222 g/mol. The first kappa shape index (κ1) is 14.7. The van der Waals surface area contributed by atoms with Crippen LogP contribution in [0.3, 0.4) is 0 Å². The Balaban J connectivity index is 0. The third-order valence-corrected chi connectivity index (χ3v) is 1.24. The van der Waals surface area contributed by atoms with Gasteiger partial charge < -0.3 is 17.0 Å². The Morgan fingerprint density at radius 1 is 1.08 bits per heavy atom. The van der Waals surface area contributed by atoms with Crippen molar-refractivity contribution in [2.45, 2.75) is 26.2 Å². The molecule has 0 saturated heterocycles. The number of aromatic nitrogens is 2. The largest absolute Gasteiger partial charge is 1.00 e. The molecular formula is C8H12BrLiN2. The molecule has 12 heavy (non-hydrogen) atoms. The maximum Gasteiger partial charge on any atom is 1.00 e. The molecule has 4 heteroatoms. The van der Waals surface area contributed by atoms with Crippen molar-refractivity contribution in [3.05, 3.63) is 24.3 Å². The van der Waals surface area contributed by atoms with Gasteiger partial charge in [-0.15, -0.1) is 0 Å². The summed E-state index contributed by atoms with van der Waals surface area (Å²) < 4.78 is 0. The molecule has 0 bridgehead atoms. The van der Waals surface area contributed by atoms with E-state index in [0.29, 0.717) is 0 Å². The van der Waals surface area contributed by atoms with Gasteiger partial charge in [-0.05, 0) is 6.07 Å². The van der Waals surface area contributed by atoms with Crippen LogP contribution in [0.25, 0.3) is 0 Å². The molecule has 0 amide bonds. The van der Waals surface area contributed by atoms with Crippen molar-refractivity contribution < 1.29 is 35.8 Å². The Kier molecular flexibility index (Phi) is 7.02. The number of rotatable bonds is 0. The van der Waals surface area contributed by atoms with Crippen LogP contribution in [0.1, 0.15) is 26.6 Å². The van der Waals surface area contributed by atoms with Gasteiger partial charge in [0.05, 0.1) is 0 Å². The molecule has 0 spiro atoms. The summed E-state index contributed by atoms with van der Waals surface area (Å²) in [6.07, 6.45) is 3.54. The van der Waals surface area contributed by atoms with Crippen LogP contribution in [0.4, 0.5) is 0 Å². The van der Waals surface area contributed by atoms with Gasteiger partial charge in [-0.3, -0.25) is 0 Å². The molecule has 0 aromatic carbocycles. The topological polar surface area (TPSA) is 25.8 Å². The fraction of sp³-hybridized carbons (Fsp3) is 0.500. The molecule has 0 fully saturated rings. The standard InChI is InChI=1S/C8H12N2.BrH.Li/c1-8(2,3)7-9-5-4-6-10-7;;/h4-6H,1-3H3;1H;/q;;+1/p-1. The molecule has 1 rings (SSSR count). The van der Waals surface area contributed by atoms with Gasteiger partial charge in [-0.2, -0.15) is 0 Å². The van der Waals surface area contributed by atoms with E-state index in [1.165, 1.54) is 0 Å². The number of hydrogen-bond donors (Lipinski definition) is 0. The zero-order valence-electron chi connectivity index (χ0n) is 8.00. The number of hydrogen-bond acceptors (Lipinski definition) is 2. The van der Waals surface area contributed by atoms with Gasteiger partial charge in [0.15, 0.2) is 0 Å². The van der Waals surface area contributed by atoms with Crippen LogP contribution >= 0.6 is 0 Å². The van der Waals surface area contributed by atoms with E-state index in [9.17, 15) is 0 Å². The van der Waals surface area contributed by atoms with Gasteiger partial charge >= 0.3 is 18.9 Å². The van der Waals surface area contributed by atoms with E-state index in [1.807, 2.05) is 6.07 Å². The molecule has 2 nitrogen and oxygen atoms in total. The smallest absolute Gasteiger partial charge is 1.00 e. The predicted octanol–water partition coefficient (Wildman–Crippen LogP) is -4.22. The quantitative estimate of drug-likeness (QED) is 0.417. The summed E-state index contributed by atoms with van der Waals surface area (Å²) in [7, 11) is 0. The van der Waals surface area contributed by atoms with Gasteiger partial charge in [0, 0.05) is 17.8 Å². The Morgan fingerprint density at radius 3 is 1.75 bits per heavy atom. The van der Waals surface area contributed by atoms with Crippen LogP contribution in [0.2, 0.25) is 0 Å². The van der Waals surface area contributed by atoms with E-state index >= 15 is 0 Å². The van der Waals surface area contributed by atoms with Crippen molar-refractivity contribution in [3.8, 4) is 0 Å². The first-order chi connectivity index (χ1) is 4.61. The second-order valence-corrected chi connectivity index (χ2v) is 3.32. The van der Waals surface area contributed by atoms with Crippen molar-refractivity contribution in [1.29, 1.82) is 0 Å². The van der Waals surface area contributed by atoms with Gasteiger partial charge in [-0.1, -0.05) is 20.8 Å². The fourth-order valence-corrected chi connectivity index (χ4v) is 0.686. The molecule has 0 saturated carbocycles. The van der Waals surface area contributed by atoms with Crippen molar-refractivity contribution >= 4 is 0 Å². The second kappa shape index (κ2) is 5.74. The van der Waals surface area contributed by atoms with Crippen molar-refractivity contribution in [2.24, 2.45) is 0 Å². The Hall–Kier alpha value is 0.157. The van der Waals surface area contributed by atoms with E-state index in [0.717, 1.165) is 5.82 Å². The second-order valence-electron chi connectivity index (χ2n) is 3.32. The van der Waals surface area contributed by atoms with Crippen LogP contribution < -0.4 is 35.8 Å². The SMILES string of the molecule is CC(C)(C)c1ncccn1.[Br-].[Li+]. The van der Waals surface area contributed by atoms with E-state index < -0.39 is 0 Å². The maximum atomic E-state index is 4.14. The summed E-state index contributed by atoms with van der Waals surface area (Å²) in [5.41, 5.74) is 0.0707. The van der Waals surface area contributed by atoms with E-state index in [4.69, 9.17) is 0 Å². The summed E-state index contributed by atoms with van der Waals surface area (Å²) in [4.78, 5) is 8.28. The van der Waals surface area contributed by atoms with E-state index in [2.05, 4.69) is 30.7 Å². The molecule has 0 unspecified atom stereocenters. The van der Waals surface area contributed by atoms with Gasteiger partial charge in [0.25, 0.3) is 0 Å². The minimum absolute atomic E-state index is 0. The van der Waals surface area contributed by atoms with Crippen LogP contribution in [-0.2, 0) is 5.41 Å². The summed E-state index contributed by atoms with van der Waals surface area (Å²) in [6, 6.07) is 1.83. The van der Waals surface area contributed by atoms with Crippen molar-refractivity contribution in [2.75, 3.05) is 0 Å². The molecular weight excluding hydrogens is 211 g/mol. The van der Waals surface area contributed by atoms with E-state index in [1.54, 1.807) is 12.4 Å². The Bertz CT molecular complexity index is 208. The predicted molar refractivity (Wildman–Crippen MR) is 40.7 cm³/mol. The number of halogens is 1. The van der Waals surface area contributed by atoms with Crippen LogP contribution in [-0.4, -0.2) is 9.97 Å². The average Bonchev–Trinajstić information content (AvgIpc) is 1.88. The Labute approximate surface area is 96.1 Å². The Morgan fingerprint density at radius 2 is 1.50 bits per heavy atom. The molecule has 0 N–H and O–H groups in total. The van der Waals surface area contributed by atoms with Gasteiger partial charge in [-0.25, -0.2) is 9.97 Å². The minimum Gasteiger partial charge on any atom is -1.00 e. The molecule has 0 radical (unpaired) electrons. The zero-order chi connectivity index (χ0) is 7.61. The number of nitrogens with zero attached hydrogens (tertiary/aromatic N) is 2. The van der Waals surface area contributed by atoms with E-state index in [-0.39, 0.29) is 41.3 Å². The molecule has 0 aliphatic carbocycles. The van der Waals surface area contributed by atoms with Crippen molar-refractivity contribution in [1.82, 2.24) is 9.97 Å². The fourth-order valence-electron chi connectivity index (χ4n) is 0.686. The van der Waals surface area contributed by atoms with Crippen LogP contribution in [0, 0.1) is 0 Å².